The van der Waals surface area contributed by atoms with Crippen LogP contribution in [0.3, 0.4) is 0 Å². The van der Waals surface area contributed by atoms with Gasteiger partial charge < -0.3 is 14.8 Å². The first kappa shape index (κ1) is 23.4. The van der Waals surface area contributed by atoms with E-state index in [1.165, 1.54) is 5.56 Å². The zero-order chi connectivity index (χ0) is 24.1. The minimum Gasteiger partial charge on any atom is -0.490 e. The summed E-state index contributed by atoms with van der Waals surface area (Å²) in [5.74, 6) is -0.0159. The average molecular weight is 475 g/mol. The first-order valence-electron chi connectivity index (χ1n) is 11.1. The molecule has 0 atom stereocenters. The smallest absolute Gasteiger partial charge is 0.308 e. The third-order valence-corrected chi connectivity index (χ3v) is 6.19. The maximum absolute atomic E-state index is 12.6. The summed E-state index contributed by atoms with van der Waals surface area (Å²) < 4.78 is 11.8. The number of amides is 1. The molecule has 0 saturated carbocycles. The van der Waals surface area contributed by atoms with Gasteiger partial charge in [0.05, 0.1) is 16.1 Å². The molecule has 0 bridgehead atoms. The predicted molar refractivity (Wildman–Crippen MR) is 135 cm³/mol. The lowest BCUT2D eigenvalue weighted by molar-refractivity contribution is -0.148. The van der Waals surface area contributed by atoms with Crippen LogP contribution in [0.5, 0.6) is 5.75 Å². The zero-order valence-corrected chi connectivity index (χ0v) is 20.1. The number of carbonyl (C=O) groups excluding carboxylic acids is 2. The summed E-state index contributed by atoms with van der Waals surface area (Å²) in [5.41, 5.74) is 4.44. The van der Waals surface area contributed by atoms with Crippen LogP contribution in [-0.2, 0) is 9.53 Å². The van der Waals surface area contributed by atoms with Crippen LogP contribution < -0.4 is 10.1 Å². The van der Waals surface area contributed by atoms with Crippen LogP contribution in [0.1, 0.15) is 29.8 Å². The van der Waals surface area contributed by atoms with Gasteiger partial charge in [0.25, 0.3) is 5.91 Å². The standard InChI is InChI=1S/C27H26N2O4S/c1-17(2)27(31)33-15-14-32-22-11-7-19(8-12-22)25(30)28-21-9-5-20(6-10-21)26-29-23-13-4-18(3)16-24(23)34-26/h4-13,16-17H,14-15H2,1-3H3,(H,28,30). The van der Waals surface area contributed by atoms with Crippen LogP contribution >= 0.6 is 11.3 Å². The quantitative estimate of drug-likeness (QED) is 0.247. The van der Waals surface area contributed by atoms with Crippen LogP contribution in [0.15, 0.2) is 66.7 Å². The lowest BCUT2D eigenvalue weighted by Gasteiger charge is -2.10. The molecule has 174 valence electrons. The SMILES string of the molecule is Cc1ccc2nc(-c3ccc(NC(=O)c4ccc(OCCOC(=O)C(C)C)cc4)cc3)sc2c1. The molecule has 4 aromatic rings. The van der Waals surface area contributed by atoms with Crippen LogP contribution in [0.2, 0.25) is 0 Å². The molecule has 3 aromatic carbocycles. The van der Waals surface area contributed by atoms with Crippen LogP contribution in [0.25, 0.3) is 20.8 Å². The Kier molecular flexibility index (Phi) is 7.23. The van der Waals surface area contributed by atoms with E-state index in [0.29, 0.717) is 17.0 Å². The van der Waals surface area contributed by atoms with Crippen molar-refractivity contribution in [2.75, 3.05) is 18.5 Å². The second kappa shape index (κ2) is 10.5. The molecule has 0 fully saturated rings. The molecule has 0 radical (unpaired) electrons. The Labute approximate surface area is 202 Å². The molecule has 0 aliphatic rings. The third-order valence-electron chi connectivity index (χ3n) is 5.12. The number of hydrogen-bond donors (Lipinski definition) is 1. The number of rotatable bonds is 8. The topological polar surface area (TPSA) is 77.5 Å². The molecule has 0 saturated heterocycles. The van der Waals surface area contributed by atoms with Crippen molar-refractivity contribution in [1.29, 1.82) is 0 Å². The maximum Gasteiger partial charge on any atom is 0.308 e. The molecule has 0 aliphatic carbocycles. The van der Waals surface area contributed by atoms with Gasteiger partial charge in [0.15, 0.2) is 0 Å². The fourth-order valence-corrected chi connectivity index (χ4v) is 4.29. The number of nitrogens with zero attached hydrogens (tertiary/aromatic N) is 1. The molecule has 1 amide bonds. The van der Waals surface area contributed by atoms with Gasteiger partial charge in [0.1, 0.15) is 24.0 Å². The van der Waals surface area contributed by atoms with E-state index in [2.05, 4.69) is 24.4 Å². The molecule has 1 aromatic heterocycles. The van der Waals surface area contributed by atoms with Crippen LogP contribution in [0, 0.1) is 12.8 Å². The molecular formula is C27H26N2O4S. The van der Waals surface area contributed by atoms with Gasteiger partial charge in [-0.3, -0.25) is 9.59 Å². The largest absolute Gasteiger partial charge is 0.490 e. The van der Waals surface area contributed by atoms with Crippen molar-refractivity contribution < 1.29 is 19.1 Å². The molecule has 6 nitrogen and oxygen atoms in total. The summed E-state index contributed by atoms with van der Waals surface area (Å²) in [7, 11) is 0. The zero-order valence-electron chi connectivity index (χ0n) is 19.3. The van der Waals surface area contributed by atoms with Crippen molar-refractivity contribution in [2.24, 2.45) is 5.92 Å². The summed E-state index contributed by atoms with van der Waals surface area (Å²) in [5, 5.41) is 3.86. The van der Waals surface area contributed by atoms with Gasteiger partial charge in [-0.05, 0) is 73.2 Å². The van der Waals surface area contributed by atoms with E-state index in [1.54, 1.807) is 49.4 Å². The van der Waals surface area contributed by atoms with E-state index >= 15 is 0 Å². The average Bonchev–Trinajstić information content (AvgIpc) is 3.25. The third kappa shape index (κ3) is 5.80. The van der Waals surface area contributed by atoms with Crippen molar-refractivity contribution in [2.45, 2.75) is 20.8 Å². The normalized spacial score (nSPS) is 10.9. The summed E-state index contributed by atoms with van der Waals surface area (Å²) in [6, 6.07) is 20.8. The summed E-state index contributed by atoms with van der Waals surface area (Å²) >= 11 is 1.66. The van der Waals surface area contributed by atoms with Gasteiger partial charge in [-0.15, -0.1) is 11.3 Å². The van der Waals surface area contributed by atoms with Gasteiger partial charge in [0.2, 0.25) is 0 Å². The van der Waals surface area contributed by atoms with Gasteiger partial charge in [0, 0.05) is 16.8 Å². The number of nitrogens with one attached hydrogen (secondary N) is 1. The molecule has 0 unspecified atom stereocenters. The molecule has 1 N–H and O–H groups in total. The molecule has 34 heavy (non-hydrogen) atoms. The number of thiazole rings is 1. The molecule has 1 heterocycles. The highest BCUT2D eigenvalue weighted by atomic mass is 32.1. The summed E-state index contributed by atoms with van der Waals surface area (Å²) in [6.45, 7) is 6.08. The number of hydrogen-bond acceptors (Lipinski definition) is 6. The second-order valence-electron chi connectivity index (χ2n) is 8.22. The molecule has 4 rings (SSSR count). The number of anilines is 1. The Morgan fingerprint density at radius 3 is 2.41 bits per heavy atom. The van der Waals surface area contributed by atoms with E-state index in [4.69, 9.17) is 14.5 Å². The van der Waals surface area contributed by atoms with Gasteiger partial charge in [-0.25, -0.2) is 4.98 Å². The van der Waals surface area contributed by atoms with E-state index in [0.717, 1.165) is 20.8 Å². The van der Waals surface area contributed by atoms with Crippen molar-refractivity contribution in [3.8, 4) is 16.3 Å². The van der Waals surface area contributed by atoms with Gasteiger partial charge in [-0.2, -0.15) is 0 Å². The first-order valence-corrected chi connectivity index (χ1v) is 11.9. The minimum atomic E-state index is -0.251. The fraction of sp³-hybridized carbons (Fsp3) is 0.222. The minimum absolute atomic E-state index is 0.161. The monoisotopic (exact) mass is 474 g/mol. The van der Waals surface area contributed by atoms with E-state index in [1.807, 2.05) is 30.3 Å². The second-order valence-corrected chi connectivity index (χ2v) is 9.25. The number of ether oxygens (including phenoxy) is 2. The lowest BCUT2D eigenvalue weighted by atomic mass is 10.2. The Bertz CT molecular complexity index is 1290. The predicted octanol–water partition coefficient (Wildman–Crippen LogP) is 6.10. The molecule has 0 spiro atoms. The van der Waals surface area contributed by atoms with Crippen molar-refractivity contribution in [3.63, 3.8) is 0 Å². The molecular weight excluding hydrogens is 448 g/mol. The Morgan fingerprint density at radius 1 is 0.971 bits per heavy atom. The van der Waals surface area contributed by atoms with Crippen molar-refractivity contribution in [3.05, 3.63) is 77.9 Å². The number of esters is 1. The molecule has 0 aliphatic heterocycles. The Balaban J connectivity index is 1.32. The van der Waals surface area contributed by atoms with Crippen LogP contribution in [-0.4, -0.2) is 30.1 Å². The van der Waals surface area contributed by atoms with Crippen molar-refractivity contribution in [1.82, 2.24) is 4.98 Å². The lowest BCUT2D eigenvalue weighted by Crippen LogP contribution is -2.16. The summed E-state index contributed by atoms with van der Waals surface area (Å²) in [6.07, 6.45) is 0. The number of carbonyl (C=O) groups is 2. The maximum atomic E-state index is 12.6. The first-order chi connectivity index (χ1) is 16.4. The Morgan fingerprint density at radius 2 is 1.71 bits per heavy atom. The van der Waals surface area contributed by atoms with E-state index < -0.39 is 0 Å². The number of benzene rings is 3. The Hall–Kier alpha value is -3.71. The number of fused-ring (bicyclic) bond motifs is 1. The van der Waals surface area contributed by atoms with Crippen LogP contribution in [0.4, 0.5) is 5.69 Å². The highest BCUT2D eigenvalue weighted by Gasteiger charge is 2.10. The van der Waals surface area contributed by atoms with Gasteiger partial charge in [-0.1, -0.05) is 19.9 Å². The van der Waals surface area contributed by atoms with Gasteiger partial charge >= 0.3 is 5.97 Å². The summed E-state index contributed by atoms with van der Waals surface area (Å²) in [4.78, 5) is 28.8. The number of aromatic nitrogens is 1. The van der Waals surface area contributed by atoms with E-state index in [-0.39, 0.29) is 31.0 Å². The number of aryl methyl sites for hydroxylation is 1. The highest BCUT2D eigenvalue weighted by molar-refractivity contribution is 7.21. The molecule has 7 heteroatoms. The highest BCUT2D eigenvalue weighted by Crippen LogP contribution is 2.31. The van der Waals surface area contributed by atoms with Crippen molar-refractivity contribution >= 4 is 39.1 Å². The fourth-order valence-electron chi connectivity index (χ4n) is 3.23. The van der Waals surface area contributed by atoms with E-state index in [9.17, 15) is 9.59 Å².